The first-order valence-corrected chi connectivity index (χ1v) is 4.51. The second-order valence-corrected chi connectivity index (χ2v) is 4.95. The third kappa shape index (κ3) is 1.81. The van der Waals surface area contributed by atoms with Crippen LogP contribution in [0.2, 0.25) is 0 Å². The molecule has 1 aliphatic rings. The SMILES string of the molecule is CC1(C)C=C(C=O)CC(C)(C)[NH+]1[O-]. The summed E-state index contributed by atoms with van der Waals surface area (Å²) in [6.45, 7) is 7.51. The van der Waals surface area contributed by atoms with Crippen molar-refractivity contribution in [2.75, 3.05) is 0 Å². The first kappa shape index (κ1) is 10.4. The molecule has 1 heterocycles. The fourth-order valence-corrected chi connectivity index (χ4v) is 2.12. The predicted molar refractivity (Wildman–Crippen MR) is 51.3 cm³/mol. The lowest BCUT2D eigenvalue weighted by atomic mass is 9.83. The van der Waals surface area contributed by atoms with Gasteiger partial charge in [0, 0.05) is 12.0 Å². The number of rotatable bonds is 1. The third-order valence-corrected chi connectivity index (χ3v) is 2.54. The second-order valence-electron chi connectivity index (χ2n) is 4.95. The molecule has 1 aliphatic heterocycles. The monoisotopic (exact) mass is 183 g/mol. The Labute approximate surface area is 79.0 Å². The minimum absolute atomic E-state index is 0.214. The number of aldehydes is 1. The molecular formula is C10H17NO2. The Bertz CT molecular complexity index is 254. The molecule has 1 rings (SSSR count). The summed E-state index contributed by atoms with van der Waals surface area (Å²) in [6.07, 6.45) is 3.21. The lowest BCUT2D eigenvalue weighted by Crippen LogP contribution is -3.22. The van der Waals surface area contributed by atoms with E-state index in [4.69, 9.17) is 0 Å². The number of hydrogen-bond acceptors (Lipinski definition) is 2. The molecule has 1 N–H and O–H groups in total. The summed E-state index contributed by atoms with van der Waals surface area (Å²) in [5, 5.41) is 12.1. The second kappa shape index (κ2) is 2.93. The van der Waals surface area contributed by atoms with Gasteiger partial charge in [0.15, 0.2) is 0 Å². The lowest BCUT2D eigenvalue weighted by molar-refractivity contribution is -0.943. The van der Waals surface area contributed by atoms with Crippen LogP contribution < -0.4 is 5.06 Å². The summed E-state index contributed by atoms with van der Waals surface area (Å²) in [4.78, 5) is 10.7. The molecule has 1 unspecified atom stereocenters. The standard InChI is InChI=1S/C10H17NO2/c1-9(2)5-8(7-12)6-10(3,4)11(9)13/h5,7,11H,6H2,1-4H3. The van der Waals surface area contributed by atoms with Gasteiger partial charge < -0.3 is 10.3 Å². The van der Waals surface area contributed by atoms with Crippen LogP contribution in [-0.4, -0.2) is 17.4 Å². The van der Waals surface area contributed by atoms with Crippen LogP contribution in [0, 0.1) is 5.21 Å². The van der Waals surface area contributed by atoms with Gasteiger partial charge in [0.25, 0.3) is 0 Å². The van der Waals surface area contributed by atoms with Crippen LogP contribution in [0.5, 0.6) is 0 Å². The molecule has 0 radical (unpaired) electrons. The van der Waals surface area contributed by atoms with E-state index in [2.05, 4.69) is 0 Å². The molecule has 0 spiro atoms. The van der Waals surface area contributed by atoms with E-state index in [1.54, 1.807) is 6.08 Å². The average molecular weight is 183 g/mol. The van der Waals surface area contributed by atoms with Crippen molar-refractivity contribution in [2.45, 2.75) is 45.2 Å². The molecule has 0 bridgehead atoms. The van der Waals surface area contributed by atoms with Gasteiger partial charge in [-0.2, -0.15) is 0 Å². The van der Waals surface area contributed by atoms with Gasteiger partial charge in [0.1, 0.15) is 11.8 Å². The van der Waals surface area contributed by atoms with Gasteiger partial charge in [-0.3, -0.25) is 4.79 Å². The Morgan fingerprint density at radius 3 is 2.38 bits per heavy atom. The minimum Gasteiger partial charge on any atom is -0.633 e. The van der Waals surface area contributed by atoms with Crippen LogP contribution in [0.25, 0.3) is 0 Å². The van der Waals surface area contributed by atoms with E-state index in [1.165, 1.54) is 0 Å². The Morgan fingerprint density at radius 2 is 2.00 bits per heavy atom. The molecule has 0 aliphatic carbocycles. The smallest absolute Gasteiger partial charge is 0.146 e. The molecule has 0 saturated heterocycles. The van der Waals surface area contributed by atoms with Crippen molar-refractivity contribution >= 4 is 6.29 Å². The molecule has 1 atom stereocenters. The van der Waals surface area contributed by atoms with Crippen LogP contribution in [-0.2, 0) is 4.79 Å². The highest BCUT2D eigenvalue weighted by molar-refractivity contribution is 5.74. The van der Waals surface area contributed by atoms with Crippen molar-refractivity contribution in [2.24, 2.45) is 0 Å². The number of hydrogen-bond donors (Lipinski definition) is 1. The lowest BCUT2D eigenvalue weighted by Gasteiger charge is -2.50. The molecule has 74 valence electrons. The maximum absolute atomic E-state index is 11.9. The van der Waals surface area contributed by atoms with E-state index >= 15 is 0 Å². The zero-order valence-corrected chi connectivity index (χ0v) is 8.68. The van der Waals surface area contributed by atoms with Gasteiger partial charge in [-0.15, -0.1) is 0 Å². The van der Waals surface area contributed by atoms with Crippen molar-refractivity contribution in [3.63, 3.8) is 0 Å². The molecule has 0 amide bonds. The molecule has 3 nitrogen and oxygen atoms in total. The Balaban J connectivity index is 3.08. The summed E-state index contributed by atoms with van der Waals surface area (Å²) in [5.41, 5.74) is -0.137. The fourth-order valence-electron chi connectivity index (χ4n) is 2.12. The largest absolute Gasteiger partial charge is 0.633 e. The summed E-state index contributed by atoms with van der Waals surface area (Å²) < 4.78 is 0. The highest BCUT2D eigenvalue weighted by atomic mass is 16.5. The van der Waals surface area contributed by atoms with Gasteiger partial charge in [-0.05, 0) is 33.8 Å². The first-order valence-electron chi connectivity index (χ1n) is 4.51. The number of carbonyl (C=O) groups is 1. The van der Waals surface area contributed by atoms with E-state index in [0.717, 1.165) is 11.9 Å². The molecule has 0 aromatic rings. The maximum atomic E-state index is 11.9. The van der Waals surface area contributed by atoms with E-state index in [9.17, 15) is 10.0 Å². The molecule has 0 fully saturated rings. The molecule has 13 heavy (non-hydrogen) atoms. The summed E-state index contributed by atoms with van der Waals surface area (Å²) in [6, 6.07) is 0. The number of quaternary nitrogens is 1. The van der Waals surface area contributed by atoms with E-state index in [0.29, 0.717) is 6.42 Å². The van der Waals surface area contributed by atoms with Gasteiger partial charge in [-0.25, -0.2) is 0 Å². The molecule has 0 aromatic heterocycles. The van der Waals surface area contributed by atoms with Gasteiger partial charge in [0.05, 0.1) is 5.54 Å². The summed E-state index contributed by atoms with van der Waals surface area (Å²) in [5.74, 6) is 0. The summed E-state index contributed by atoms with van der Waals surface area (Å²) in [7, 11) is 0. The Hall–Kier alpha value is -0.670. The first-order chi connectivity index (χ1) is 5.79. The molecule has 0 aromatic carbocycles. The molecule has 0 saturated carbocycles. The van der Waals surface area contributed by atoms with Gasteiger partial charge >= 0.3 is 0 Å². The zero-order chi connectivity index (χ0) is 10.3. The number of hydroxylamine groups is 2. The van der Waals surface area contributed by atoms with Gasteiger partial charge in [0.2, 0.25) is 0 Å². The molecular weight excluding hydrogens is 166 g/mol. The Morgan fingerprint density at radius 1 is 1.46 bits per heavy atom. The Kier molecular flexibility index (Phi) is 2.34. The zero-order valence-electron chi connectivity index (χ0n) is 8.68. The average Bonchev–Trinajstić information content (AvgIpc) is 1.99. The van der Waals surface area contributed by atoms with Crippen LogP contribution in [0.4, 0.5) is 0 Å². The van der Waals surface area contributed by atoms with Crippen molar-refractivity contribution in [3.8, 4) is 0 Å². The van der Waals surface area contributed by atoms with E-state index in [1.807, 2.05) is 27.7 Å². The minimum atomic E-state index is -0.488. The highest BCUT2D eigenvalue weighted by Gasteiger charge is 2.40. The highest BCUT2D eigenvalue weighted by Crippen LogP contribution is 2.21. The fraction of sp³-hybridized carbons (Fsp3) is 0.700. The summed E-state index contributed by atoms with van der Waals surface area (Å²) >= 11 is 0. The number of carbonyl (C=O) groups excluding carboxylic acids is 1. The van der Waals surface area contributed by atoms with Crippen LogP contribution in [0.15, 0.2) is 11.6 Å². The van der Waals surface area contributed by atoms with Crippen molar-refractivity contribution < 1.29 is 9.86 Å². The van der Waals surface area contributed by atoms with Crippen LogP contribution >= 0.6 is 0 Å². The topological polar surface area (TPSA) is 44.6 Å². The van der Waals surface area contributed by atoms with E-state index < -0.39 is 11.1 Å². The van der Waals surface area contributed by atoms with Crippen molar-refractivity contribution in [1.29, 1.82) is 0 Å². The third-order valence-electron chi connectivity index (χ3n) is 2.54. The van der Waals surface area contributed by atoms with E-state index in [-0.39, 0.29) is 5.06 Å². The maximum Gasteiger partial charge on any atom is 0.146 e. The van der Waals surface area contributed by atoms with Gasteiger partial charge in [-0.1, -0.05) is 0 Å². The predicted octanol–water partition coefficient (Wildman–Crippen LogP) is 0.455. The van der Waals surface area contributed by atoms with Crippen molar-refractivity contribution in [1.82, 2.24) is 0 Å². The van der Waals surface area contributed by atoms with Crippen molar-refractivity contribution in [3.05, 3.63) is 16.9 Å². The normalized spacial score (nSPS) is 30.8. The van der Waals surface area contributed by atoms with Crippen LogP contribution in [0.1, 0.15) is 34.1 Å². The molecule has 3 heteroatoms. The number of nitrogens with one attached hydrogen (secondary N) is 1. The quantitative estimate of drug-likeness (QED) is 0.474. The van der Waals surface area contributed by atoms with Crippen LogP contribution in [0.3, 0.4) is 0 Å².